The molecule has 0 saturated heterocycles. The minimum atomic E-state index is -4.65. The molecule has 1 N–H and O–H groups in total. The van der Waals surface area contributed by atoms with Crippen molar-refractivity contribution in [1.29, 1.82) is 0 Å². The van der Waals surface area contributed by atoms with Gasteiger partial charge in [-0.3, -0.25) is 0 Å². The van der Waals surface area contributed by atoms with Crippen molar-refractivity contribution in [2.75, 3.05) is 0 Å². The molecular formula is C15H14F3NO. The van der Waals surface area contributed by atoms with E-state index >= 15 is 0 Å². The summed E-state index contributed by atoms with van der Waals surface area (Å²) in [6.45, 7) is 1.29. The zero-order valence-corrected chi connectivity index (χ0v) is 10.7. The first-order chi connectivity index (χ1) is 9.53. The third kappa shape index (κ3) is 4.93. The molecule has 0 unspecified atom stereocenters. The smallest absolute Gasteiger partial charge is 0.406 e. The van der Waals surface area contributed by atoms with E-state index in [2.05, 4.69) is 10.1 Å². The number of ether oxygens (including phenoxy) is 1. The summed E-state index contributed by atoms with van der Waals surface area (Å²) in [5.74, 6) is -0.204. The van der Waals surface area contributed by atoms with Gasteiger partial charge in [0.2, 0.25) is 0 Å². The molecule has 0 radical (unpaired) electrons. The maximum atomic E-state index is 12.0. The van der Waals surface area contributed by atoms with Crippen LogP contribution in [0.5, 0.6) is 5.75 Å². The molecule has 2 aromatic carbocycles. The highest BCUT2D eigenvalue weighted by Gasteiger charge is 2.30. The van der Waals surface area contributed by atoms with Crippen LogP contribution in [0.3, 0.4) is 0 Å². The van der Waals surface area contributed by atoms with E-state index in [-0.39, 0.29) is 5.75 Å². The summed E-state index contributed by atoms with van der Waals surface area (Å²) in [6.07, 6.45) is -4.65. The van der Waals surface area contributed by atoms with Gasteiger partial charge in [-0.25, -0.2) is 0 Å². The SMILES string of the molecule is FC(F)(F)Oc1ccc(CNCc2ccccc2)cc1. The number of benzene rings is 2. The van der Waals surface area contributed by atoms with Gasteiger partial charge >= 0.3 is 6.36 Å². The van der Waals surface area contributed by atoms with Gasteiger partial charge in [-0.2, -0.15) is 0 Å². The van der Waals surface area contributed by atoms with Crippen LogP contribution in [-0.4, -0.2) is 6.36 Å². The van der Waals surface area contributed by atoms with Gasteiger partial charge in [-0.15, -0.1) is 13.2 Å². The van der Waals surface area contributed by atoms with Gasteiger partial charge in [0.15, 0.2) is 0 Å². The summed E-state index contributed by atoms with van der Waals surface area (Å²) in [5.41, 5.74) is 2.06. The molecule has 0 fully saturated rings. The van der Waals surface area contributed by atoms with E-state index in [4.69, 9.17) is 0 Å². The molecule has 0 aliphatic heterocycles. The van der Waals surface area contributed by atoms with E-state index in [1.807, 2.05) is 30.3 Å². The van der Waals surface area contributed by atoms with Gasteiger partial charge in [0, 0.05) is 13.1 Å². The Balaban J connectivity index is 1.82. The second-order valence-corrected chi connectivity index (χ2v) is 4.28. The van der Waals surface area contributed by atoms with Crippen molar-refractivity contribution in [3.63, 3.8) is 0 Å². The third-order valence-electron chi connectivity index (χ3n) is 2.66. The fourth-order valence-electron chi connectivity index (χ4n) is 1.76. The van der Waals surface area contributed by atoms with E-state index < -0.39 is 6.36 Å². The van der Waals surface area contributed by atoms with Crippen LogP contribution in [0.15, 0.2) is 54.6 Å². The summed E-state index contributed by atoms with van der Waals surface area (Å²) >= 11 is 0. The highest BCUT2D eigenvalue weighted by atomic mass is 19.4. The highest BCUT2D eigenvalue weighted by Crippen LogP contribution is 2.22. The molecule has 20 heavy (non-hydrogen) atoms. The molecule has 0 aliphatic rings. The summed E-state index contributed by atoms with van der Waals surface area (Å²) in [5, 5.41) is 3.22. The van der Waals surface area contributed by atoms with Crippen LogP contribution in [0.25, 0.3) is 0 Å². The van der Waals surface area contributed by atoms with Crippen molar-refractivity contribution in [1.82, 2.24) is 5.32 Å². The first-order valence-corrected chi connectivity index (χ1v) is 6.12. The topological polar surface area (TPSA) is 21.3 Å². The number of halogens is 3. The molecule has 2 nitrogen and oxygen atoms in total. The molecule has 5 heteroatoms. The minimum absolute atomic E-state index is 0.204. The van der Waals surface area contributed by atoms with Crippen molar-refractivity contribution in [3.8, 4) is 5.75 Å². The van der Waals surface area contributed by atoms with Crippen LogP contribution in [0.2, 0.25) is 0 Å². The molecule has 0 bridgehead atoms. The zero-order chi connectivity index (χ0) is 14.4. The van der Waals surface area contributed by atoms with Gasteiger partial charge in [0.25, 0.3) is 0 Å². The molecule has 0 aromatic heterocycles. The fourth-order valence-corrected chi connectivity index (χ4v) is 1.76. The first kappa shape index (κ1) is 14.4. The number of alkyl halides is 3. The Hall–Kier alpha value is -2.01. The predicted molar refractivity (Wildman–Crippen MR) is 70.1 cm³/mol. The Morgan fingerprint density at radius 1 is 0.800 bits per heavy atom. The van der Waals surface area contributed by atoms with E-state index in [0.717, 1.165) is 11.1 Å². The Morgan fingerprint density at radius 2 is 1.35 bits per heavy atom. The lowest BCUT2D eigenvalue weighted by Crippen LogP contribution is -2.17. The Morgan fingerprint density at radius 3 is 1.90 bits per heavy atom. The van der Waals surface area contributed by atoms with E-state index in [1.165, 1.54) is 12.1 Å². The molecule has 0 saturated carbocycles. The Labute approximate surface area is 115 Å². The first-order valence-electron chi connectivity index (χ1n) is 6.12. The molecule has 0 heterocycles. The van der Waals surface area contributed by atoms with Gasteiger partial charge in [0.05, 0.1) is 0 Å². The van der Waals surface area contributed by atoms with Gasteiger partial charge < -0.3 is 10.1 Å². The molecule has 0 amide bonds. The molecule has 2 aromatic rings. The third-order valence-corrected chi connectivity index (χ3v) is 2.66. The maximum Gasteiger partial charge on any atom is 0.573 e. The van der Waals surface area contributed by atoms with Gasteiger partial charge in [-0.1, -0.05) is 42.5 Å². The number of hydrogen-bond donors (Lipinski definition) is 1. The predicted octanol–water partition coefficient (Wildman–Crippen LogP) is 3.88. The van der Waals surface area contributed by atoms with Crippen LogP contribution >= 0.6 is 0 Å². The maximum absolute atomic E-state index is 12.0. The number of nitrogens with one attached hydrogen (secondary N) is 1. The second kappa shape index (κ2) is 6.43. The molecule has 2 rings (SSSR count). The Bertz CT molecular complexity index is 523. The van der Waals surface area contributed by atoms with Crippen LogP contribution < -0.4 is 10.1 Å². The van der Waals surface area contributed by atoms with Crippen molar-refractivity contribution >= 4 is 0 Å². The molecule has 0 aliphatic carbocycles. The van der Waals surface area contributed by atoms with E-state index in [9.17, 15) is 13.2 Å². The summed E-state index contributed by atoms with van der Waals surface area (Å²) in [6, 6.07) is 15.7. The van der Waals surface area contributed by atoms with Crippen molar-refractivity contribution in [2.24, 2.45) is 0 Å². The van der Waals surface area contributed by atoms with Gasteiger partial charge in [-0.05, 0) is 23.3 Å². The number of hydrogen-bond acceptors (Lipinski definition) is 2. The summed E-state index contributed by atoms with van der Waals surface area (Å²) in [7, 11) is 0. The molecule has 106 valence electrons. The lowest BCUT2D eigenvalue weighted by Gasteiger charge is -2.09. The fraction of sp³-hybridized carbons (Fsp3) is 0.200. The molecule has 0 atom stereocenters. The van der Waals surface area contributed by atoms with Gasteiger partial charge in [0.1, 0.15) is 5.75 Å². The zero-order valence-electron chi connectivity index (χ0n) is 10.7. The normalized spacial score (nSPS) is 11.3. The van der Waals surface area contributed by atoms with E-state index in [1.54, 1.807) is 12.1 Å². The average Bonchev–Trinajstić information content (AvgIpc) is 2.40. The minimum Gasteiger partial charge on any atom is -0.406 e. The lowest BCUT2D eigenvalue weighted by atomic mass is 10.2. The number of rotatable bonds is 5. The van der Waals surface area contributed by atoms with Crippen molar-refractivity contribution < 1.29 is 17.9 Å². The average molecular weight is 281 g/mol. The van der Waals surface area contributed by atoms with E-state index in [0.29, 0.717) is 13.1 Å². The van der Waals surface area contributed by atoms with Crippen LogP contribution in [0.1, 0.15) is 11.1 Å². The quantitative estimate of drug-likeness (QED) is 0.898. The van der Waals surface area contributed by atoms with Crippen LogP contribution in [-0.2, 0) is 13.1 Å². The lowest BCUT2D eigenvalue weighted by molar-refractivity contribution is -0.274. The molecular weight excluding hydrogens is 267 g/mol. The summed E-state index contributed by atoms with van der Waals surface area (Å²) < 4.78 is 39.8. The monoisotopic (exact) mass is 281 g/mol. The summed E-state index contributed by atoms with van der Waals surface area (Å²) in [4.78, 5) is 0. The second-order valence-electron chi connectivity index (χ2n) is 4.28. The highest BCUT2D eigenvalue weighted by molar-refractivity contribution is 5.27. The van der Waals surface area contributed by atoms with Crippen molar-refractivity contribution in [2.45, 2.75) is 19.5 Å². The van der Waals surface area contributed by atoms with Crippen molar-refractivity contribution in [3.05, 3.63) is 65.7 Å². The van der Waals surface area contributed by atoms with Crippen LogP contribution in [0.4, 0.5) is 13.2 Å². The standard InChI is InChI=1S/C15H14F3NO/c16-15(17,18)20-14-8-6-13(7-9-14)11-19-10-12-4-2-1-3-5-12/h1-9,19H,10-11H2. The molecule has 0 spiro atoms. The largest absolute Gasteiger partial charge is 0.573 e. The van der Waals surface area contributed by atoms with Crippen LogP contribution in [0, 0.1) is 0 Å². The Kier molecular flexibility index (Phi) is 4.63.